The molecule has 0 fully saturated rings. The molecule has 0 aliphatic heterocycles. The first kappa shape index (κ1) is 20.6. The molecular formula is C19H24N2O5S2. The number of benzene rings is 1. The van der Waals surface area contributed by atoms with Crippen molar-refractivity contribution in [2.24, 2.45) is 0 Å². The third-order valence-corrected chi connectivity index (χ3v) is 7.18. The van der Waals surface area contributed by atoms with Gasteiger partial charge in [-0.05, 0) is 49.4 Å². The van der Waals surface area contributed by atoms with E-state index in [1.807, 2.05) is 6.07 Å². The Bertz CT molecular complexity index is 928. The summed E-state index contributed by atoms with van der Waals surface area (Å²) in [4.78, 5) is 16.3. The van der Waals surface area contributed by atoms with E-state index in [1.54, 1.807) is 6.07 Å². The van der Waals surface area contributed by atoms with Crippen molar-refractivity contribution >= 4 is 27.3 Å². The largest absolute Gasteiger partial charge is 0.497 e. The summed E-state index contributed by atoms with van der Waals surface area (Å²) >= 11 is 1.43. The number of carbonyl (C=O) groups is 1. The summed E-state index contributed by atoms with van der Waals surface area (Å²) in [6.07, 6.45) is 6.59. The Morgan fingerprint density at radius 2 is 1.79 bits per heavy atom. The number of nitrogens with one attached hydrogen (secondary N) is 2. The Balaban J connectivity index is 1.74. The Morgan fingerprint density at radius 1 is 1.04 bits per heavy atom. The topological polar surface area (TPSA) is 93.7 Å². The zero-order valence-corrected chi connectivity index (χ0v) is 17.5. The second-order valence-electron chi connectivity index (χ2n) is 6.55. The van der Waals surface area contributed by atoms with E-state index in [-0.39, 0.29) is 10.6 Å². The van der Waals surface area contributed by atoms with E-state index in [4.69, 9.17) is 9.47 Å². The molecule has 0 saturated carbocycles. The molecule has 2 N–H and O–H groups in total. The quantitative estimate of drug-likeness (QED) is 0.695. The number of amides is 1. The molecule has 1 aromatic carbocycles. The zero-order valence-electron chi connectivity index (χ0n) is 15.9. The molecule has 0 unspecified atom stereocenters. The highest BCUT2D eigenvalue weighted by molar-refractivity contribution is 7.89. The molecule has 0 bridgehead atoms. The summed E-state index contributed by atoms with van der Waals surface area (Å²) < 4.78 is 35.5. The number of hydrogen-bond donors (Lipinski definition) is 2. The average Bonchev–Trinajstić information content (AvgIpc) is 3.07. The third kappa shape index (κ3) is 4.65. The lowest BCUT2D eigenvalue weighted by Crippen LogP contribution is -2.41. The van der Waals surface area contributed by atoms with Crippen LogP contribution in [0, 0.1) is 0 Å². The van der Waals surface area contributed by atoms with E-state index in [9.17, 15) is 13.2 Å². The second-order valence-corrected chi connectivity index (χ2v) is 9.34. The van der Waals surface area contributed by atoms with Gasteiger partial charge in [-0.25, -0.2) is 8.42 Å². The minimum atomic E-state index is -4.03. The molecule has 2 aromatic rings. The molecule has 1 amide bonds. The van der Waals surface area contributed by atoms with Gasteiger partial charge < -0.3 is 9.47 Å². The van der Waals surface area contributed by atoms with Gasteiger partial charge in [-0.15, -0.1) is 16.2 Å². The first-order valence-electron chi connectivity index (χ1n) is 9.10. The van der Waals surface area contributed by atoms with Crippen LogP contribution in [0.4, 0.5) is 0 Å². The smallest absolute Gasteiger partial charge is 0.276 e. The second kappa shape index (κ2) is 8.93. The summed E-state index contributed by atoms with van der Waals surface area (Å²) in [5.41, 5.74) is 3.51. The van der Waals surface area contributed by atoms with Gasteiger partial charge in [0.2, 0.25) is 0 Å². The SMILES string of the molecule is COc1ccc(OC)c(S(=O)(=O)NNC(=O)c2cc3c(s2)CCCCCC3)c1. The fourth-order valence-corrected chi connectivity index (χ4v) is 5.35. The molecule has 28 heavy (non-hydrogen) atoms. The maximum absolute atomic E-state index is 12.6. The van der Waals surface area contributed by atoms with Gasteiger partial charge in [0, 0.05) is 10.9 Å². The molecule has 0 radical (unpaired) electrons. The lowest BCUT2D eigenvalue weighted by Gasteiger charge is -2.12. The number of sulfonamides is 1. The van der Waals surface area contributed by atoms with Crippen molar-refractivity contribution in [2.45, 2.75) is 43.4 Å². The molecule has 1 aliphatic carbocycles. The fraction of sp³-hybridized carbons (Fsp3) is 0.421. The van der Waals surface area contributed by atoms with Crippen LogP contribution in [0.25, 0.3) is 0 Å². The van der Waals surface area contributed by atoms with Gasteiger partial charge in [0.25, 0.3) is 15.9 Å². The van der Waals surface area contributed by atoms with Crippen LogP contribution in [0.3, 0.4) is 0 Å². The third-order valence-electron chi connectivity index (χ3n) is 4.68. The zero-order chi connectivity index (χ0) is 20.1. The van der Waals surface area contributed by atoms with Crippen LogP contribution < -0.4 is 19.7 Å². The molecule has 1 aliphatic rings. The molecule has 1 heterocycles. The van der Waals surface area contributed by atoms with Crippen LogP contribution in [0.5, 0.6) is 11.5 Å². The fourth-order valence-electron chi connectivity index (χ4n) is 3.18. The minimum Gasteiger partial charge on any atom is -0.497 e. The first-order valence-corrected chi connectivity index (χ1v) is 11.4. The number of aryl methyl sites for hydroxylation is 2. The van der Waals surface area contributed by atoms with Gasteiger partial charge in [0.05, 0.1) is 19.1 Å². The Kier molecular flexibility index (Phi) is 6.58. The standard InChI is InChI=1S/C19H24N2O5S2/c1-25-14-9-10-15(26-2)18(12-14)28(23,24)21-20-19(22)17-11-13-7-5-3-4-6-8-16(13)27-17/h9-12,21H,3-8H2,1-2H3,(H,20,22). The normalized spacial score (nSPS) is 14.5. The molecule has 7 nitrogen and oxygen atoms in total. The van der Waals surface area contributed by atoms with Gasteiger partial charge in [-0.2, -0.15) is 0 Å². The number of carbonyl (C=O) groups excluding carboxylic acids is 1. The van der Waals surface area contributed by atoms with Crippen LogP contribution in [-0.2, 0) is 22.9 Å². The van der Waals surface area contributed by atoms with Gasteiger partial charge in [-0.1, -0.05) is 12.8 Å². The predicted molar refractivity (Wildman–Crippen MR) is 108 cm³/mol. The highest BCUT2D eigenvalue weighted by Gasteiger charge is 2.23. The van der Waals surface area contributed by atoms with Crippen molar-refractivity contribution in [1.82, 2.24) is 10.3 Å². The van der Waals surface area contributed by atoms with Crippen molar-refractivity contribution in [1.29, 1.82) is 0 Å². The van der Waals surface area contributed by atoms with Gasteiger partial charge in [0.1, 0.15) is 16.4 Å². The molecule has 0 spiro atoms. The minimum absolute atomic E-state index is 0.118. The lowest BCUT2D eigenvalue weighted by molar-refractivity contribution is 0.0949. The van der Waals surface area contributed by atoms with Gasteiger partial charge >= 0.3 is 0 Å². The number of ether oxygens (including phenoxy) is 2. The molecule has 0 atom stereocenters. The number of hydrogen-bond acceptors (Lipinski definition) is 6. The van der Waals surface area contributed by atoms with E-state index < -0.39 is 15.9 Å². The summed E-state index contributed by atoms with van der Waals surface area (Å²) in [6, 6.07) is 6.30. The maximum Gasteiger partial charge on any atom is 0.276 e. The lowest BCUT2D eigenvalue weighted by atomic mass is 10.00. The van der Waals surface area contributed by atoms with Crippen LogP contribution in [0.1, 0.15) is 45.8 Å². The van der Waals surface area contributed by atoms with Crippen LogP contribution in [0.15, 0.2) is 29.2 Å². The van der Waals surface area contributed by atoms with Crippen molar-refractivity contribution in [2.75, 3.05) is 14.2 Å². The first-order chi connectivity index (χ1) is 13.4. The van der Waals surface area contributed by atoms with Crippen molar-refractivity contribution in [3.8, 4) is 11.5 Å². The number of hydrazine groups is 1. The number of fused-ring (bicyclic) bond motifs is 1. The Hall–Kier alpha value is -2.10. The highest BCUT2D eigenvalue weighted by Crippen LogP contribution is 2.29. The molecule has 9 heteroatoms. The van der Waals surface area contributed by atoms with Crippen molar-refractivity contribution in [3.05, 3.63) is 39.6 Å². The van der Waals surface area contributed by atoms with Gasteiger partial charge in [-0.3, -0.25) is 10.2 Å². The van der Waals surface area contributed by atoms with Crippen LogP contribution in [0.2, 0.25) is 0 Å². The average molecular weight is 425 g/mol. The van der Waals surface area contributed by atoms with Crippen molar-refractivity contribution < 1.29 is 22.7 Å². The van der Waals surface area contributed by atoms with E-state index in [0.29, 0.717) is 10.6 Å². The van der Waals surface area contributed by atoms with E-state index in [0.717, 1.165) is 25.7 Å². The number of thiophene rings is 1. The summed E-state index contributed by atoms with van der Waals surface area (Å²) in [6.45, 7) is 0. The van der Waals surface area contributed by atoms with E-state index >= 15 is 0 Å². The molecule has 1 aromatic heterocycles. The summed E-state index contributed by atoms with van der Waals surface area (Å²) in [5.74, 6) is 0.0504. The monoisotopic (exact) mass is 424 g/mol. The molecular weight excluding hydrogens is 400 g/mol. The number of rotatable bonds is 6. The summed E-state index contributed by atoms with van der Waals surface area (Å²) in [5, 5.41) is 0. The van der Waals surface area contributed by atoms with Gasteiger partial charge in [0.15, 0.2) is 0 Å². The highest BCUT2D eigenvalue weighted by atomic mass is 32.2. The van der Waals surface area contributed by atoms with Crippen molar-refractivity contribution in [3.63, 3.8) is 0 Å². The number of methoxy groups -OCH3 is 2. The Morgan fingerprint density at radius 3 is 2.50 bits per heavy atom. The maximum atomic E-state index is 12.6. The molecule has 0 saturated heterocycles. The van der Waals surface area contributed by atoms with E-state index in [1.165, 1.54) is 61.0 Å². The predicted octanol–water partition coefficient (Wildman–Crippen LogP) is 3.05. The molecule has 3 rings (SSSR count). The summed E-state index contributed by atoms with van der Waals surface area (Å²) in [7, 11) is -1.22. The van der Waals surface area contributed by atoms with Crippen LogP contribution in [-0.4, -0.2) is 28.5 Å². The molecule has 152 valence electrons. The van der Waals surface area contributed by atoms with E-state index in [2.05, 4.69) is 10.3 Å². The van der Waals surface area contributed by atoms with Crippen LogP contribution >= 0.6 is 11.3 Å². The Labute approximate surface area is 169 Å².